The van der Waals surface area contributed by atoms with Gasteiger partial charge in [-0.1, -0.05) is 0 Å². The number of ether oxygens (including phenoxy) is 1. The van der Waals surface area contributed by atoms with E-state index in [1.165, 1.54) is 11.9 Å². The number of rotatable bonds is 9. The molecule has 0 bridgehead atoms. The first-order valence-corrected chi connectivity index (χ1v) is 7.12. The van der Waals surface area contributed by atoms with Crippen molar-refractivity contribution in [2.24, 2.45) is 0 Å². The van der Waals surface area contributed by atoms with Crippen LogP contribution < -0.4 is 0 Å². The molecule has 0 aromatic heterocycles. The summed E-state index contributed by atoms with van der Waals surface area (Å²) in [4.78, 5) is 11.6. The molecule has 0 rings (SSSR count). The number of nitrogens with zero attached hydrogens (tertiary/aromatic N) is 1. The first-order valence-electron chi connectivity index (χ1n) is 5.36. The van der Waals surface area contributed by atoms with E-state index >= 15 is 0 Å². The topological polar surface area (TPSA) is 68.2 Å². The molecule has 16 heavy (non-hydrogen) atoms. The van der Waals surface area contributed by atoms with E-state index in [2.05, 4.69) is 0 Å². The standard InChI is InChI=1S/C9H21NO5Si/c1-4-14-16(15-5-2)8-13-7-6-10(3)9(11)12/h16H,4-8H2,1-3H3,(H,11,12). The Morgan fingerprint density at radius 2 is 1.88 bits per heavy atom. The number of hydrogen-bond donors (Lipinski definition) is 1. The lowest BCUT2D eigenvalue weighted by molar-refractivity contribution is 0.102. The van der Waals surface area contributed by atoms with Gasteiger partial charge in [0.25, 0.3) is 0 Å². The minimum atomic E-state index is -1.71. The van der Waals surface area contributed by atoms with Crippen LogP contribution >= 0.6 is 0 Å². The maximum absolute atomic E-state index is 10.5. The Labute approximate surface area is 97.9 Å². The molecule has 0 saturated heterocycles. The van der Waals surface area contributed by atoms with Crippen molar-refractivity contribution < 1.29 is 23.5 Å². The Morgan fingerprint density at radius 1 is 1.31 bits per heavy atom. The molecule has 0 fully saturated rings. The maximum Gasteiger partial charge on any atom is 0.407 e. The summed E-state index contributed by atoms with van der Waals surface area (Å²) in [5, 5.41) is 8.59. The van der Waals surface area contributed by atoms with Crippen molar-refractivity contribution in [2.75, 3.05) is 39.6 Å². The van der Waals surface area contributed by atoms with Gasteiger partial charge in [-0.25, -0.2) is 4.79 Å². The fraction of sp³-hybridized carbons (Fsp3) is 0.889. The normalized spacial score (nSPS) is 10.8. The largest absolute Gasteiger partial charge is 0.465 e. The summed E-state index contributed by atoms with van der Waals surface area (Å²) in [7, 11) is -0.204. The average Bonchev–Trinajstić information content (AvgIpc) is 2.24. The predicted octanol–water partition coefficient (Wildman–Crippen LogP) is 0.445. The van der Waals surface area contributed by atoms with Crippen LogP contribution in [0.2, 0.25) is 0 Å². The summed E-state index contributed by atoms with van der Waals surface area (Å²) in [6, 6.07) is 0. The van der Waals surface area contributed by atoms with E-state index in [9.17, 15) is 4.79 Å². The van der Waals surface area contributed by atoms with Gasteiger partial charge in [0.1, 0.15) is 0 Å². The van der Waals surface area contributed by atoms with Crippen LogP contribution in [0.25, 0.3) is 0 Å². The number of carbonyl (C=O) groups is 1. The molecule has 1 amide bonds. The third kappa shape index (κ3) is 7.63. The van der Waals surface area contributed by atoms with E-state index < -0.39 is 15.4 Å². The Balaban J connectivity index is 3.57. The van der Waals surface area contributed by atoms with E-state index in [4.69, 9.17) is 18.7 Å². The fourth-order valence-electron chi connectivity index (χ4n) is 0.993. The van der Waals surface area contributed by atoms with Gasteiger partial charge >= 0.3 is 15.4 Å². The molecule has 96 valence electrons. The van der Waals surface area contributed by atoms with Crippen molar-refractivity contribution in [3.63, 3.8) is 0 Å². The quantitative estimate of drug-likeness (QED) is 0.476. The second-order valence-corrected chi connectivity index (χ2v) is 4.98. The number of carboxylic acid groups (broad SMARTS) is 1. The van der Waals surface area contributed by atoms with E-state index in [1.54, 1.807) is 0 Å². The fourth-order valence-corrected chi connectivity index (χ4v) is 2.38. The van der Waals surface area contributed by atoms with Crippen LogP contribution in [0, 0.1) is 0 Å². The van der Waals surface area contributed by atoms with Crippen LogP contribution in [0.4, 0.5) is 4.79 Å². The van der Waals surface area contributed by atoms with E-state index in [1.807, 2.05) is 13.8 Å². The highest BCUT2D eigenvalue weighted by Gasteiger charge is 2.12. The summed E-state index contributed by atoms with van der Waals surface area (Å²) < 4.78 is 16.1. The lowest BCUT2D eigenvalue weighted by Crippen LogP contribution is -2.33. The highest BCUT2D eigenvalue weighted by atomic mass is 28.3. The van der Waals surface area contributed by atoms with Gasteiger partial charge in [0.15, 0.2) is 0 Å². The third-order valence-corrected chi connectivity index (χ3v) is 3.77. The summed E-state index contributed by atoms with van der Waals surface area (Å²) in [5.74, 6) is 0. The SMILES string of the molecule is CCO[SiH](COCCN(C)C(=O)O)OCC. The Morgan fingerprint density at radius 3 is 2.31 bits per heavy atom. The molecule has 0 saturated carbocycles. The van der Waals surface area contributed by atoms with Crippen molar-refractivity contribution in [3.8, 4) is 0 Å². The first-order chi connectivity index (χ1) is 7.61. The van der Waals surface area contributed by atoms with Crippen LogP contribution in [0.3, 0.4) is 0 Å². The Bertz CT molecular complexity index is 187. The summed E-state index contributed by atoms with van der Waals surface area (Å²) >= 11 is 0. The number of likely N-dealkylation sites (N-methyl/N-ethyl adjacent to an activating group) is 1. The summed E-state index contributed by atoms with van der Waals surface area (Å²) in [5.41, 5.74) is 0. The van der Waals surface area contributed by atoms with Gasteiger partial charge in [0.05, 0.1) is 12.8 Å². The molecule has 0 aliphatic rings. The van der Waals surface area contributed by atoms with Crippen molar-refractivity contribution >= 4 is 15.4 Å². The predicted molar refractivity (Wildman–Crippen MR) is 61.9 cm³/mol. The van der Waals surface area contributed by atoms with E-state index in [0.717, 1.165) is 0 Å². The molecule has 0 aliphatic heterocycles. The monoisotopic (exact) mass is 251 g/mol. The number of amides is 1. The highest BCUT2D eigenvalue weighted by molar-refractivity contribution is 6.44. The highest BCUT2D eigenvalue weighted by Crippen LogP contribution is 1.92. The molecule has 0 heterocycles. The van der Waals surface area contributed by atoms with Gasteiger partial charge in [0, 0.05) is 26.8 Å². The summed E-state index contributed by atoms with van der Waals surface area (Å²) in [6.07, 6.45) is -0.498. The molecule has 7 heteroatoms. The van der Waals surface area contributed by atoms with E-state index in [-0.39, 0.29) is 0 Å². The Kier molecular flexibility index (Phi) is 9.20. The molecule has 0 spiro atoms. The lowest BCUT2D eigenvalue weighted by atomic mass is 10.6. The second kappa shape index (κ2) is 9.58. The van der Waals surface area contributed by atoms with Gasteiger partial charge in [-0.15, -0.1) is 0 Å². The summed E-state index contributed by atoms with van der Waals surface area (Å²) in [6.45, 7) is 5.79. The second-order valence-electron chi connectivity index (χ2n) is 3.12. The molecule has 1 N–H and O–H groups in total. The number of hydrogen-bond acceptors (Lipinski definition) is 4. The molecular weight excluding hydrogens is 230 g/mol. The van der Waals surface area contributed by atoms with E-state index in [0.29, 0.717) is 32.6 Å². The minimum Gasteiger partial charge on any atom is -0.465 e. The van der Waals surface area contributed by atoms with Crippen LogP contribution in [-0.4, -0.2) is 65.0 Å². The first kappa shape index (κ1) is 15.4. The smallest absolute Gasteiger partial charge is 0.407 e. The third-order valence-electron chi connectivity index (χ3n) is 1.86. The van der Waals surface area contributed by atoms with Gasteiger partial charge in [-0.05, 0) is 13.8 Å². The Hall–Kier alpha value is -0.633. The zero-order chi connectivity index (χ0) is 12.4. The van der Waals surface area contributed by atoms with Crippen LogP contribution in [0.1, 0.15) is 13.8 Å². The molecule has 0 atom stereocenters. The molecule has 0 aliphatic carbocycles. The van der Waals surface area contributed by atoms with Crippen LogP contribution in [0.5, 0.6) is 0 Å². The van der Waals surface area contributed by atoms with Crippen LogP contribution in [0.15, 0.2) is 0 Å². The lowest BCUT2D eigenvalue weighted by Gasteiger charge is -2.16. The van der Waals surface area contributed by atoms with Gasteiger partial charge in [-0.2, -0.15) is 0 Å². The molecule has 0 radical (unpaired) electrons. The van der Waals surface area contributed by atoms with Crippen molar-refractivity contribution in [3.05, 3.63) is 0 Å². The molecule has 0 aromatic carbocycles. The average molecular weight is 251 g/mol. The molecular formula is C9H21NO5Si. The maximum atomic E-state index is 10.5. The van der Waals surface area contributed by atoms with Gasteiger partial charge < -0.3 is 23.6 Å². The zero-order valence-electron chi connectivity index (χ0n) is 10.1. The molecule has 0 aromatic rings. The molecule has 6 nitrogen and oxygen atoms in total. The molecule has 0 unspecified atom stereocenters. The zero-order valence-corrected chi connectivity index (χ0v) is 11.3. The van der Waals surface area contributed by atoms with Crippen LogP contribution in [-0.2, 0) is 13.6 Å². The van der Waals surface area contributed by atoms with Gasteiger partial charge in [-0.3, -0.25) is 0 Å². The van der Waals surface area contributed by atoms with Crippen molar-refractivity contribution in [1.29, 1.82) is 0 Å². The van der Waals surface area contributed by atoms with Gasteiger partial charge in [0.2, 0.25) is 0 Å². The van der Waals surface area contributed by atoms with Crippen molar-refractivity contribution in [1.82, 2.24) is 4.90 Å². The minimum absolute atomic E-state index is 0.356. The van der Waals surface area contributed by atoms with Crippen molar-refractivity contribution in [2.45, 2.75) is 13.8 Å².